The van der Waals surface area contributed by atoms with E-state index in [-0.39, 0.29) is 0 Å². The quantitative estimate of drug-likeness (QED) is 0.641. The first-order valence-electron chi connectivity index (χ1n) is 6.43. The van der Waals surface area contributed by atoms with Crippen LogP contribution < -0.4 is 5.73 Å². The standard InChI is InChI=1S/C13H29NO/c1-5-7-12(8-14)9-15-10-13(6-2)11(3)4/h11-13H,5-10,14H2,1-4H3. The molecule has 0 radical (unpaired) electrons. The van der Waals surface area contributed by atoms with Crippen LogP contribution in [-0.4, -0.2) is 19.8 Å². The second-order valence-corrected chi connectivity index (χ2v) is 4.84. The van der Waals surface area contributed by atoms with E-state index in [1.165, 1.54) is 19.3 Å². The van der Waals surface area contributed by atoms with Crippen LogP contribution >= 0.6 is 0 Å². The summed E-state index contributed by atoms with van der Waals surface area (Å²) in [5.41, 5.74) is 5.69. The molecule has 0 aromatic rings. The molecule has 92 valence electrons. The molecule has 2 nitrogen and oxygen atoms in total. The van der Waals surface area contributed by atoms with Gasteiger partial charge in [-0.05, 0) is 30.7 Å². The topological polar surface area (TPSA) is 35.2 Å². The Morgan fingerprint density at radius 2 is 1.80 bits per heavy atom. The van der Waals surface area contributed by atoms with Crippen molar-refractivity contribution >= 4 is 0 Å². The molecule has 0 spiro atoms. The molecule has 0 heterocycles. The predicted molar refractivity (Wildman–Crippen MR) is 66.9 cm³/mol. The highest BCUT2D eigenvalue weighted by atomic mass is 16.5. The SMILES string of the molecule is CCCC(CN)COCC(CC)C(C)C. The van der Waals surface area contributed by atoms with Crippen LogP contribution in [0.4, 0.5) is 0 Å². The lowest BCUT2D eigenvalue weighted by molar-refractivity contribution is 0.0565. The zero-order chi connectivity index (χ0) is 11.7. The van der Waals surface area contributed by atoms with E-state index in [4.69, 9.17) is 10.5 Å². The first kappa shape index (κ1) is 14.9. The largest absolute Gasteiger partial charge is 0.381 e. The maximum atomic E-state index is 5.77. The molecule has 0 aliphatic rings. The van der Waals surface area contributed by atoms with Gasteiger partial charge in [0.15, 0.2) is 0 Å². The van der Waals surface area contributed by atoms with Gasteiger partial charge in [-0.25, -0.2) is 0 Å². The van der Waals surface area contributed by atoms with E-state index in [0.717, 1.165) is 25.7 Å². The van der Waals surface area contributed by atoms with Gasteiger partial charge in [-0.3, -0.25) is 0 Å². The molecule has 0 aromatic carbocycles. The number of hydrogen-bond donors (Lipinski definition) is 1. The van der Waals surface area contributed by atoms with Crippen LogP contribution in [0.2, 0.25) is 0 Å². The zero-order valence-electron chi connectivity index (χ0n) is 11.0. The molecule has 2 unspecified atom stereocenters. The fourth-order valence-electron chi connectivity index (χ4n) is 1.85. The third kappa shape index (κ3) is 6.91. The Kier molecular flexibility index (Phi) is 9.12. The smallest absolute Gasteiger partial charge is 0.0506 e. The Morgan fingerprint density at radius 3 is 2.20 bits per heavy atom. The highest BCUT2D eigenvalue weighted by Gasteiger charge is 2.12. The summed E-state index contributed by atoms with van der Waals surface area (Å²) in [4.78, 5) is 0. The molecule has 0 saturated heterocycles. The molecule has 2 N–H and O–H groups in total. The molecule has 0 rings (SSSR count). The summed E-state index contributed by atoms with van der Waals surface area (Å²) in [6, 6.07) is 0. The van der Waals surface area contributed by atoms with Crippen LogP contribution in [-0.2, 0) is 4.74 Å². The van der Waals surface area contributed by atoms with Crippen molar-refractivity contribution in [3.05, 3.63) is 0 Å². The van der Waals surface area contributed by atoms with Crippen molar-refractivity contribution in [2.24, 2.45) is 23.5 Å². The number of nitrogens with two attached hydrogens (primary N) is 1. The average molecular weight is 215 g/mol. The lowest BCUT2D eigenvalue weighted by atomic mass is 9.94. The lowest BCUT2D eigenvalue weighted by Crippen LogP contribution is -2.23. The molecule has 0 aromatic heterocycles. The van der Waals surface area contributed by atoms with Crippen molar-refractivity contribution in [2.75, 3.05) is 19.8 Å². The number of ether oxygens (including phenoxy) is 1. The molecule has 2 heteroatoms. The normalized spacial score (nSPS) is 15.6. The summed E-state index contributed by atoms with van der Waals surface area (Å²) < 4.78 is 5.77. The maximum Gasteiger partial charge on any atom is 0.0506 e. The van der Waals surface area contributed by atoms with E-state index < -0.39 is 0 Å². The van der Waals surface area contributed by atoms with Crippen LogP contribution in [0.15, 0.2) is 0 Å². The summed E-state index contributed by atoms with van der Waals surface area (Å²) in [7, 11) is 0. The summed E-state index contributed by atoms with van der Waals surface area (Å²) in [5.74, 6) is 1.97. The Labute approximate surface area is 95.6 Å². The van der Waals surface area contributed by atoms with Gasteiger partial charge in [-0.15, -0.1) is 0 Å². The molecule has 2 atom stereocenters. The van der Waals surface area contributed by atoms with Crippen molar-refractivity contribution in [1.29, 1.82) is 0 Å². The first-order chi connectivity index (χ1) is 7.15. The summed E-state index contributed by atoms with van der Waals surface area (Å²) in [6.07, 6.45) is 3.60. The summed E-state index contributed by atoms with van der Waals surface area (Å²) in [5, 5.41) is 0. The van der Waals surface area contributed by atoms with E-state index in [1.54, 1.807) is 0 Å². The molecule has 0 amide bonds. The van der Waals surface area contributed by atoms with E-state index in [0.29, 0.717) is 11.8 Å². The minimum absolute atomic E-state index is 0.555. The van der Waals surface area contributed by atoms with Crippen molar-refractivity contribution in [1.82, 2.24) is 0 Å². The number of hydrogen-bond acceptors (Lipinski definition) is 2. The Bertz CT molecular complexity index is 136. The minimum Gasteiger partial charge on any atom is -0.381 e. The monoisotopic (exact) mass is 215 g/mol. The molecule has 0 saturated carbocycles. The lowest BCUT2D eigenvalue weighted by Gasteiger charge is -2.21. The van der Waals surface area contributed by atoms with Gasteiger partial charge in [-0.1, -0.05) is 40.5 Å². The van der Waals surface area contributed by atoms with Crippen molar-refractivity contribution in [3.63, 3.8) is 0 Å². The fraction of sp³-hybridized carbons (Fsp3) is 1.00. The Balaban J connectivity index is 3.65. The second kappa shape index (κ2) is 9.17. The van der Waals surface area contributed by atoms with Crippen molar-refractivity contribution < 1.29 is 4.74 Å². The molecule has 15 heavy (non-hydrogen) atoms. The fourth-order valence-corrected chi connectivity index (χ4v) is 1.85. The van der Waals surface area contributed by atoms with Crippen LogP contribution in [0.5, 0.6) is 0 Å². The predicted octanol–water partition coefficient (Wildman–Crippen LogP) is 3.06. The summed E-state index contributed by atoms with van der Waals surface area (Å²) >= 11 is 0. The van der Waals surface area contributed by atoms with Crippen molar-refractivity contribution in [2.45, 2.75) is 47.0 Å². The van der Waals surface area contributed by atoms with E-state index >= 15 is 0 Å². The van der Waals surface area contributed by atoms with Gasteiger partial charge in [0.1, 0.15) is 0 Å². The van der Waals surface area contributed by atoms with E-state index in [2.05, 4.69) is 27.7 Å². The van der Waals surface area contributed by atoms with E-state index in [1.807, 2.05) is 0 Å². The molecule has 0 fully saturated rings. The zero-order valence-corrected chi connectivity index (χ0v) is 11.0. The Hall–Kier alpha value is -0.0800. The second-order valence-electron chi connectivity index (χ2n) is 4.84. The van der Waals surface area contributed by atoms with Crippen LogP contribution in [0, 0.1) is 17.8 Å². The van der Waals surface area contributed by atoms with Gasteiger partial charge >= 0.3 is 0 Å². The van der Waals surface area contributed by atoms with Crippen LogP contribution in [0.1, 0.15) is 47.0 Å². The van der Waals surface area contributed by atoms with Crippen LogP contribution in [0.25, 0.3) is 0 Å². The third-order valence-electron chi connectivity index (χ3n) is 3.18. The molecule has 0 bridgehead atoms. The maximum absolute atomic E-state index is 5.77. The third-order valence-corrected chi connectivity index (χ3v) is 3.18. The summed E-state index contributed by atoms with van der Waals surface area (Å²) in [6.45, 7) is 11.5. The first-order valence-corrected chi connectivity index (χ1v) is 6.43. The van der Waals surface area contributed by atoms with E-state index in [9.17, 15) is 0 Å². The Morgan fingerprint density at radius 1 is 1.13 bits per heavy atom. The molecular formula is C13H29NO. The van der Waals surface area contributed by atoms with Gasteiger partial charge in [0.2, 0.25) is 0 Å². The van der Waals surface area contributed by atoms with Gasteiger partial charge < -0.3 is 10.5 Å². The molecular weight excluding hydrogens is 186 g/mol. The van der Waals surface area contributed by atoms with Crippen molar-refractivity contribution in [3.8, 4) is 0 Å². The van der Waals surface area contributed by atoms with Gasteiger partial charge in [0.25, 0.3) is 0 Å². The van der Waals surface area contributed by atoms with Gasteiger partial charge in [0, 0.05) is 6.61 Å². The number of rotatable bonds is 9. The van der Waals surface area contributed by atoms with Gasteiger partial charge in [0.05, 0.1) is 6.61 Å². The highest BCUT2D eigenvalue weighted by Crippen LogP contribution is 2.15. The van der Waals surface area contributed by atoms with Crippen LogP contribution in [0.3, 0.4) is 0 Å². The average Bonchev–Trinajstić information content (AvgIpc) is 2.22. The van der Waals surface area contributed by atoms with Gasteiger partial charge in [-0.2, -0.15) is 0 Å². The highest BCUT2D eigenvalue weighted by molar-refractivity contribution is 4.62. The molecule has 0 aliphatic heterocycles. The minimum atomic E-state index is 0.555. The molecule has 0 aliphatic carbocycles.